The monoisotopic (exact) mass is 279 g/mol. The van der Waals surface area contributed by atoms with Gasteiger partial charge in [-0.25, -0.2) is 4.98 Å². The molecule has 0 amide bonds. The highest BCUT2D eigenvalue weighted by molar-refractivity contribution is 7.11. The Bertz CT molecular complexity index is 456. The second kappa shape index (κ2) is 5.15. The fraction of sp³-hybridized carbons (Fsp3) is 0.800. The number of hydrogen-bond donors (Lipinski definition) is 0. The number of aromatic nitrogens is 1. The molecule has 0 spiro atoms. The van der Waals surface area contributed by atoms with Crippen molar-refractivity contribution < 1.29 is 0 Å². The van der Waals surface area contributed by atoms with Gasteiger partial charge in [0.25, 0.3) is 0 Å². The SMILES string of the molecule is Cc1nc(C)c(C(C)N2CC3CCCN3CC2C)s1. The first-order chi connectivity index (χ1) is 9.06. The Morgan fingerprint density at radius 2 is 2.11 bits per heavy atom. The minimum absolute atomic E-state index is 0.518. The summed E-state index contributed by atoms with van der Waals surface area (Å²) in [5.41, 5.74) is 1.23. The van der Waals surface area contributed by atoms with Gasteiger partial charge >= 0.3 is 0 Å². The topological polar surface area (TPSA) is 19.4 Å². The van der Waals surface area contributed by atoms with Gasteiger partial charge in [0, 0.05) is 36.1 Å². The maximum atomic E-state index is 4.60. The van der Waals surface area contributed by atoms with Gasteiger partial charge in [-0.2, -0.15) is 0 Å². The Morgan fingerprint density at radius 3 is 2.79 bits per heavy atom. The molecule has 3 nitrogen and oxygen atoms in total. The Labute approximate surface area is 120 Å². The van der Waals surface area contributed by atoms with Gasteiger partial charge in [-0.15, -0.1) is 11.3 Å². The molecule has 0 radical (unpaired) electrons. The fourth-order valence-corrected chi connectivity index (χ4v) is 4.84. The van der Waals surface area contributed by atoms with Crippen molar-refractivity contribution in [1.82, 2.24) is 14.8 Å². The number of fused-ring (bicyclic) bond motifs is 1. The highest BCUT2D eigenvalue weighted by Gasteiger charge is 2.37. The molecule has 1 aromatic rings. The Balaban J connectivity index is 1.79. The van der Waals surface area contributed by atoms with Gasteiger partial charge < -0.3 is 0 Å². The van der Waals surface area contributed by atoms with Crippen molar-refractivity contribution in [3.63, 3.8) is 0 Å². The molecule has 106 valence electrons. The van der Waals surface area contributed by atoms with Gasteiger partial charge in [-0.05, 0) is 47.1 Å². The van der Waals surface area contributed by atoms with E-state index in [4.69, 9.17) is 0 Å². The molecule has 0 aromatic carbocycles. The lowest BCUT2D eigenvalue weighted by atomic mass is 10.0. The lowest BCUT2D eigenvalue weighted by Gasteiger charge is -2.45. The van der Waals surface area contributed by atoms with E-state index >= 15 is 0 Å². The van der Waals surface area contributed by atoms with Crippen LogP contribution in [0.3, 0.4) is 0 Å². The molecule has 3 unspecified atom stereocenters. The van der Waals surface area contributed by atoms with E-state index in [1.54, 1.807) is 0 Å². The normalized spacial score (nSPS) is 30.5. The maximum Gasteiger partial charge on any atom is 0.0900 e. The first-order valence-electron chi connectivity index (χ1n) is 7.50. The standard InChI is InChI=1S/C15H25N3S/c1-10-8-17-7-5-6-14(17)9-18(10)12(3)15-11(2)16-13(4)19-15/h10,12,14H,5-9H2,1-4H3. The third-order valence-corrected chi connectivity index (χ3v) is 6.04. The van der Waals surface area contributed by atoms with E-state index in [0.29, 0.717) is 12.1 Å². The molecule has 1 aromatic heterocycles. The number of thiazole rings is 1. The molecule has 0 bridgehead atoms. The van der Waals surface area contributed by atoms with Crippen LogP contribution < -0.4 is 0 Å². The van der Waals surface area contributed by atoms with Crippen molar-refractivity contribution in [3.05, 3.63) is 15.6 Å². The van der Waals surface area contributed by atoms with Crippen LogP contribution in [0.1, 0.15) is 48.3 Å². The van der Waals surface area contributed by atoms with Crippen molar-refractivity contribution in [2.75, 3.05) is 19.6 Å². The van der Waals surface area contributed by atoms with Crippen LogP contribution in [0.5, 0.6) is 0 Å². The molecule has 2 aliphatic rings. The first-order valence-corrected chi connectivity index (χ1v) is 8.31. The van der Waals surface area contributed by atoms with Crippen LogP contribution in [0.2, 0.25) is 0 Å². The number of hydrogen-bond acceptors (Lipinski definition) is 4. The molecule has 2 aliphatic heterocycles. The summed E-state index contributed by atoms with van der Waals surface area (Å²) >= 11 is 1.88. The van der Waals surface area contributed by atoms with E-state index in [-0.39, 0.29) is 0 Å². The van der Waals surface area contributed by atoms with Gasteiger partial charge in [0.2, 0.25) is 0 Å². The molecule has 3 heterocycles. The number of aryl methyl sites for hydroxylation is 2. The predicted octanol–water partition coefficient (Wildman–Crippen LogP) is 2.99. The lowest BCUT2D eigenvalue weighted by molar-refractivity contribution is 0.0333. The summed E-state index contributed by atoms with van der Waals surface area (Å²) < 4.78 is 0. The molecule has 3 rings (SSSR count). The zero-order valence-corrected chi connectivity index (χ0v) is 13.3. The molecule has 2 saturated heterocycles. The number of nitrogens with zero attached hydrogens (tertiary/aromatic N) is 3. The van der Waals surface area contributed by atoms with Gasteiger partial charge in [0.15, 0.2) is 0 Å². The molecule has 0 saturated carbocycles. The van der Waals surface area contributed by atoms with E-state index in [2.05, 4.69) is 42.5 Å². The minimum atomic E-state index is 0.518. The summed E-state index contributed by atoms with van der Waals surface area (Å²) in [6.45, 7) is 12.8. The maximum absolute atomic E-state index is 4.60. The molecule has 0 aliphatic carbocycles. The zero-order valence-electron chi connectivity index (χ0n) is 12.5. The van der Waals surface area contributed by atoms with Crippen LogP contribution in [0.25, 0.3) is 0 Å². The third-order valence-electron chi connectivity index (χ3n) is 4.80. The molecule has 4 heteroatoms. The quantitative estimate of drug-likeness (QED) is 0.829. The molecular formula is C15H25N3S. The summed E-state index contributed by atoms with van der Waals surface area (Å²) in [6, 6.07) is 1.98. The van der Waals surface area contributed by atoms with Crippen LogP contribution in [-0.2, 0) is 0 Å². The highest BCUT2D eigenvalue weighted by Crippen LogP contribution is 2.34. The Kier molecular flexibility index (Phi) is 3.67. The summed E-state index contributed by atoms with van der Waals surface area (Å²) in [7, 11) is 0. The van der Waals surface area contributed by atoms with E-state index in [0.717, 1.165) is 6.04 Å². The van der Waals surface area contributed by atoms with E-state index in [1.165, 1.54) is 48.1 Å². The highest BCUT2D eigenvalue weighted by atomic mass is 32.1. The number of piperazine rings is 1. The summed E-state index contributed by atoms with van der Waals surface area (Å²) in [6.07, 6.45) is 2.77. The van der Waals surface area contributed by atoms with Gasteiger partial charge in [-0.1, -0.05) is 0 Å². The van der Waals surface area contributed by atoms with E-state index in [1.807, 2.05) is 11.3 Å². The van der Waals surface area contributed by atoms with Crippen LogP contribution in [0.15, 0.2) is 0 Å². The molecule has 3 atom stereocenters. The van der Waals surface area contributed by atoms with Gasteiger partial charge in [0.05, 0.1) is 10.7 Å². The second-order valence-corrected chi connectivity index (χ2v) is 7.43. The Hall–Kier alpha value is -0.450. The van der Waals surface area contributed by atoms with Gasteiger partial charge in [0.1, 0.15) is 0 Å². The molecule has 19 heavy (non-hydrogen) atoms. The van der Waals surface area contributed by atoms with Crippen LogP contribution >= 0.6 is 11.3 Å². The largest absolute Gasteiger partial charge is 0.298 e. The van der Waals surface area contributed by atoms with Crippen LogP contribution in [0.4, 0.5) is 0 Å². The average molecular weight is 279 g/mol. The average Bonchev–Trinajstić information content (AvgIpc) is 2.93. The first kappa shape index (κ1) is 13.5. The van der Waals surface area contributed by atoms with Crippen LogP contribution in [0, 0.1) is 13.8 Å². The minimum Gasteiger partial charge on any atom is -0.298 e. The summed E-state index contributed by atoms with van der Waals surface area (Å²) in [4.78, 5) is 11.5. The number of rotatable bonds is 2. The van der Waals surface area contributed by atoms with Crippen molar-refractivity contribution >= 4 is 11.3 Å². The summed E-state index contributed by atoms with van der Waals surface area (Å²) in [5, 5.41) is 1.20. The van der Waals surface area contributed by atoms with E-state index in [9.17, 15) is 0 Å². The van der Waals surface area contributed by atoms with Crippen molar-refractivity contribution in [2.24, 2.45) is 0 Å². The predicted molar refractivity (Wildman–Crippen MR) is 80.8 cm³/mol. The third kappa shape index (κ3) is 2.46. The smallest absolute Gasteiger partial charge is 0.0900 e. The molecule has 2 fully saturated rings. The zero-order chi connectivity index (χ0) is 13.6. The fourth-order valence-electron chi connectivity index (χ4n) is 3.83. The molecule has 0 N–H and O–H groups in total. The van der Waals surface area contributed by atoms with Gasteiger partial charge in [-0.3, -0.25) is 9.80 Å². The lowest BCUT2D eigenvalue weighted by Crippen LogP contribution is -2.55. The van der Waals surface area contributed by atoms with E-state index < -0.39 is 0 Å². The Morgan fingerprint density at radius 1 is 1.32 bits per heavy atom. The van der Waals surface area contributed by atoms with Crippen molar-refractivity contribution in [1.29, 1.82) is 0 Å². The second-order valence-electron chi connectivity index (χ2n) is 6.20. The molecular weight excluding hydrogens is 254 g/mol. The van der Waals surface area contributed by atoms with Crippen molar-refractivity contribution in [2.45, 2.75) is 58.7 Å². The summed E-state index contributed by atoms with van der Waals surface area (Å²) in [5.74, 6) is 0. The van der Waals surface area contributed by atoms with Crippen LogP contribution in [-0.4, -0.2) is 46.5 Å². The van der Waals surface area contributed by atoms with Crippen molar-refractivity contribution in [3.8, 4) is 0 Å².